The molecule has 1 fully saturated rings. The van der Waals surface area contributed by atoms with Crippen LogP contribution in [0.3, 0.4) is 0 Å². The summed E-state index contributed by atoms with van der Waals surface area (Å²) in [6, 6.07) is 9.54. The van der Waals surface area contributed by atoms with E-state index >= 15 is 0 Å². The second-order valence-corrected chi connectivity index (χ2v) is 4.59. The molecule has 1 aromatic rings. The van der Waals surface area contributed by atoms with Gasteiger partial charge >= 0.3 is 0 Å². The molecule has 1 heterocycles. The Bertz CT molecular complexity index is 367. The zero-order valence-corrected chi connectivity index (χ0v) is 9.78. The molecule has 0 saturated carbocycles. The van der Waals surface area contributed by atoms with Crippen LogP contribution < -0.4 is 0 Å². The molecule has 1 aliphatic rings. The Morgan fingerprint density at radius 2 is 2.06 bits per heavy atom. The van der Waals surface area contributed by atoms with Crippen molar-refractivity contribution in [3.63, 3.8) is 0 Å². The fourth-order valence-corrected chi connectivity index (χ4v) is 2.45. The van der Waals surface area contributed by atoms with E-state index in [0.717, 1.165) is 5.56 Å². The number of hydrogen-bond acceptors (Lipinski definition) is 4. The van der Waals surface area contributed by atoms with Gasteiger partial charge in [-0.3, -0.25) is 0 Å². The molecule has 1 aromatic carbocycles. The molecule has 0 radical (unpaired) electrons. The van der Waals surface area contributed by atoms with Crippen LogP contribution in [0.25, 0.3) is 0 Å². The average Bonchev–Trinajstić information content (AvgIpc) is 2.65. The van der Waals surface area contributed by atoms with E-state index in [1.165, 1.54) is 0 Å². The van der Waals surface area contributed by atoms with Crippen molar-refractivity contribution in [3.8, 4) is 0 Å². The second-order valence-electron chi connectivity index (χ2n) is 4.59. The van der Waals surface area contributed by atoms with Crippen molar-refractivity contribution in [2.24, 2.45) is 0 Å². The Morgan fingerprint density at radius 3 is 2.65 bits per heavy atom. The number of ether oxygens (including phenoxy) is 1. The first-order valence-electron chi connectivity index (χ1n) is 5.79. The normalized spacial score (nSPS) is 34.8. The third-order valence-electron chi connectivity index (χ3n) is 3.60. The molecule has 94 valence electrons. The Balaban J connectivity index is 2.26. The molecule has 4 atom stereocenters. The van der Waals surface area contributed by atoms with Gasteiger partial charge in [-0.15, -0.1) is 0 Å². The number of benzene rings is 1. The van der Waals surface area contributed by atoms with Crippen molar-refractivity contribution in [2.75, 3.05) is 6.61 Å². The van der Waals surface area contributed by atoms with Crippen LogP contribution in [0.2, 0.25) is 0 Å². The number of hydrogen-bond donors (Lipinski definition) is 3. The third kappa shape index (κ3) is 2.21. The molecular weight excluding hydrogens is 220 g/mol. The average molecular weight is 238 g/mol. The second kappa shape index (κ2) is 4.74. The lowest BCUT2D eigenvalue weighted by atomic mass is 9.79. The smallest absolute Gasteiger partial charge is 0.158 e. The fraction of sp³-hybridized carbons (Fsp3) is 0.538. The van der Waals surface area contributed by atoms with Crippen molar-refractivity contribution >= 4 is 0 Å². The molecule has 4 nitrogen and oxygen atoms in total. The summed E-state index contributed by atoms with van der Waals surface area (Å²) in [6.07, 6.45) is -1.63. The van der Waals surface area contributed by atoms with Gasteiger partial charge in [-0.05, 0) is 5.56 Å². The van der Waals surface area contributed by atoms with Gasteiger partial charge in [-0.2, -0.15) is 0 Å². The van der Waals surface area contributed by atoms with E-state index in [-0.39, 0.29) is 18.9 Å². The molecule has 1 saturated heterocycles. The summed E-state index contributed by atoms with van der Waals surface area (Å²) in [6.45, 7) is 1.57. The number of aliphatic hydroxyl groups is 3. The van der Waals surface area contributed by atoms with E-state index in [9.17, 15) is 15.3 Å². The largest absolute Gasteiger partial charge is 0.394 e. The van der Waals surface area contributed by atoms with E-state index in [4.69, 9.17) is 4.74 Å². The van der Waals surface area contributed by atoms with E-state index in [2.05, 4.69) is 0 Å². The highest BCUT2D eigenvalue weighted by molar-refractivity contribution is 5.23. The van der Waals surface area contributed by atoms with Gasteiger partial charge in [-0.25, -0.2) is 0 Å². The maximum atomic E-state index is 10.6. The van der Waals surface area contributed by atoms with Crippen LogP contribution in [0.15, 0.2) is 30.3 Å². The zero-order valence-electron chi connectivity index (χ0n) is 9.78. The van der Waals surface area contributed by atoms with Crippen LogP contribution in [0.4, 0.5) is 0 Å². The standard InChI is InChI=1S/C13H18O4/c1-9(10-5-3-2-4-6-10)13(16)7-12(15)17-11(13)8-14/h2-6,9,11-12,14-16H,7-8H2,1H3/t9?,11-,12?,13-/m1/s1. The summed E-state index contributed by atoms with van der Waals surface area (Å²) in [4.78, 5) is 0. The van der Waals surface area contributed by atoms with Crippen LogP contribution in [-0.4, -0.2) is 39.9 Å². The van der Waals surface area contributed by atoms with Crippen LogP contribution in [-0.2, 0) is 4.74 Å². The topological polar surface area (TPSA) is 69.9 Å². The number of rotatable bonds is 3. The summed E-state index contributed by atoms with van der Waals surface area (Å²) < 4.78 is 5.12. The highest BCUT2D eigenvalue weighted by Crippen LogP contribution is 2.40. The van der Waals surface area contributed by atoms with Crippen molar-refractivity contribution in [1.82, 2.24) is 0 Å². The molecule has 2 unspecified atom stereocenters. The maximum absolute atomic E-state index is 10.6. The Hall–Kier alpha value is -0.940. The molecule has 4 heteroatoms. The first-order chi connectivity index (χ1) is 8.08. The predicted molar refractivity (Wildman–Crippen MR) is 62.4 cm³/mol. The minimum Gasteiger partial charge on any atom is -0.394 e. The molecule has 0 aromatic heterocycles. The first-order valence-corrected chi connectivity index (χ1v) is 5.79. The molecule has 0 aliphatic carbocycles. The SMILES string of the molecule is CC(c1ccccc1)[C@]1(O)CC(O)O[C@@H]1CO. The van der Waals surface area contributed by atoms with E-state index < -0.39 is 18.0 Å². The zero-order chi connectivity index (χ0) is 12.5. The lowest BCUT2D eigenvalue weighted by Gasteiger charge is -2.33. The van der Waals surface area contributed by atoms with Crippen LogP contribution >= 0.6 is 0 Å². The lowest BCUT2D eigenvalue weighted by molar-refractivity contribution is -0.123. The van der Waals surface area contributed by atoms with E-state index in [1.807, 2.05) is 37.3 Å². The van der Waals surface area contributed by atoms with Gasteiger partial charge in [0.25, 0.3) is 0 Å². The van der Waals surface area contributed by atoms with Gasteiger partial charge in [0.15, 0.2) is 6.29 Å². The number of aliphatic hydroxyl groups excluding tert-OH is 2. The molecule has 0 amide bonds. The van der Waals surface area contributed by atoms with Crippen molar-refractivity contribution in [3.05, 3.63) is 35.9 Å². The minimum absolute atomic E-state index is 0.119. The highest BCUT2D eigenvalue weighted by atomic mass is 16.6. The summed E-state index contributed by atoms with van der Waals surface area (Å²) in [5.74, 6) is -0.210. The Labute approximate surface area is 100 Å². The lowest BCUT2D eigenvalue weighted by Crippen LogP contribution is -2.45. The highest BCUT2D eigenvalue weighted by Gasteiger charge is 2.50. The molecular formula is C13H18O4. The van der Waals surface area contributed by atoms with Crippen LogP contribution in [0, 0.1) is 0 Å². The van der Waals surface area contributed by atoms with Gasteiger partial charge in [0.2, 0.25) is 0 Å². The maximum Gasteiger partial charge on any atom is 0.158 e. The molecule has 0 bridgehead atoms. The van der Waals surface area contributed by atoms with Gasteiger partial charge in [0.05, 0.1) is 6.61 Å². The monoisotopic (exact) mass is 238 g/mol. The summed E-state index contributed by atoms with van der Waals surface area (Å²) in [5.41, 5.74) is -0.263. The van der Waals surface area contributed by atoms with Crippen molar-refractivity contribution < 1.29 is 20.1 Å². The Morgan fingerprint density at radius 1 is 1.41 bits per heavy atom. The van der Waals surface area contributed by atoms with Gasteiger partial charge in [0.1, 0.15) is 11.7 Å². The molecule has 2 rings (SSSR count). The fourth-order valence-electron chi connectivity index (χ4n) is 2.45. The van der Waals surface area contributed by atoms with Gasteiger partial charge < -0.3 is 20.1 Å². The first kappa shape index (κ1) is 12.5. The van der Waals surface area contributed by atoms with Gasteiger partial charge in [-0.1, -0.05) is 37.3 Å². The Kier molecular flexibility index (Phi) is 3.49. The third-order valence-corrected chi connectivity index (χ3v) is 3.60. The van der Waals surface area contributed by atoms with E-state index in [1.54, 1.807) is 0 Å². The molecule has 3 N–H and O–H groups in total. The van der Waals surface area contributed by atoms with E-state index in [0.29, 0.717) is 0 Å². The van der Waals surface area contributed by atoms with Crippen molar-refractivity contribution in [2.45, 2.75) is 37.3 Å². The molecule has 0 spiro atoms. The van der Waals surface area contributed by atoms with Gasteiger partial charge in [0, 0.05) is 12.3 Å². The van der Waals surface area contributed by atoms with Crippen molar-refractivity contribution in [1.29, 1.82) is 0 Å². The van der Waals surface area contributed by atoms with Crippen LogP contribution in [0.5, 0.6) is 0 Å². The minimum atomic E-state index is -1.23. The quantitative estimate of drug-likeness (QED) is 0.722. The molecule has 1 aliphatic heterocycles. The summed E-state index contributed by atoms with van der Waals surface area (Å²) in [5, 5.41) is 29.3. The molecule has 17 heavy (non-hydrogen) atoms. The summed E-state index contributed by atoms with van der Waals surface area (Å²) >= 11 is 0. The van der Waals surface area contributed by atoms with Crippen LogP contribution in [0.1, 0.15) is 24.8 Å². The predicted octanol–water partition coefficient (Wildman–Crippen LogP) is 0.621. The summed E-state index contributed by atoms with van der Waals surface area (Å²) in [7, 11) is 0.